The van der Waals surface area contributed by atoms with Crippen LogP contribution in [-0.2, 0) is 6.42 Å². The minimum absolute atomic E-state index is 0.669. The molecule has 0 bridgehead atoms. The Bertz CT molecular complexity index is 442. The molecule has 0 aliphatic heterocycles. The zero-order valence-corrected chi connectivity index (χ0v) is 13.7. The van der Waals surface area contributed by atoms with Crippen LogP contribution in [0.3, 0.4) is 0 Å². The first-order valence-corrected chi connectivity index (χ1v) is 8.54. The standard InChI is InChI=1S/C21H30/c1-4-8-20-15-13-18(3)21(20)16-12-17(2)11-14-19-9-6-5-7-10-19/h4-7,9-10,12,16-18,20-21H,1,8,11,13-15H2,2-3H3/b16-12+/t17-,18+,20-,21-/m0/s1. The molecule has 2 rings (SSSR count). The lowest BCUT2D eigenvalue weighted by Gasteiger charge is -2.19. The van der Waals surface area contributed by atoms with Crippen molar-refractivity contribution >= 4 is 0 Å². The molecule has 1 aliphatic rings. The molecule has 0 nitrogen and oxygen atoms in total. The lowest BCUT2D eigenvalue weighted by molar-refractivity contribution is 0.400. The van der Waals surface area contributed by atoms with Gasteiger partial charge in [0.05, 0.1) is 0 Å². The number of hydrogen-bond donors (Lipinski definition) is 0. The maximum Gasteiger partial charge on any atom is -0.0176 e. The van der Waals surface area contributed by atoms with E-state index in [0.717, 1.165) is 17.8 Å². The van der Waals surface area contributed by atoms with Gasteiger partial charge in [0.1, 0.15) is 0 Å². The molecule has 4 atom stereocenters. The zero-order valence-electron chi connectivity index (χ0n) is 13.7. The Morgan fingerprint density at radius 2 is 2.00 bits per heavy atom. The highest BCUT2D eigenvalue weighted by molar-refractivity contribution is 5.15. The zero-order chi connectivity index (χ0) is 15.1. The van der Waals surface area contributed by atoms with E-state index in [9.17, 15) is 0 Å². The third kappa shape index (κ3) is 4.88. The molecular weight excluding hydrogens is 252 g/mol. The summed E-state index contributed by atoms with van der Waals surface area (Å²) in [4.78, 5) is 0. The molecule has 1 saturated carbocycles. The SMILES string of the molecule is C=CC[C@H]1CC[C@@H](C)[C@@H]1/C=C/[C@@H](C)CCc1ccccc1. The van der Waals surface area contributed by atoms with Gasteiger partial charge in [0.15, 0.2) is 0 Å². The maximum atomic E-state index is 3.92. The van der Waals surface area contributed by atoms with E-state index >= 15 is 0 Å². The second-order valence-corrected chi connectivity index (χ2v) is 6.80. The van der Waals surface area contributed by atoms with Crippen LogP contribution < -0.4 is 0 Å². The molecule has 0 saturated heterocycles. The van der Waals surface area contributed by atoms with Gasteiger partial charge < -0.3 is 0 Å². The Morgan fingerprint density at radius 3 is 2.71 bits per heavy atom. The van der Waals surface area contributed by atoms with Crippen LogP contribution in [0.2, 0.25) is 0 Å². The lowest BCUT2D eigenvalue weighted by atomic mass is 9.87. The van der Waals surface area contributed by atoms with Crippen molar-refractivity contribution in [2.24, 2.45) is 23.7 Å². The van der Waals surface area contributed by atoms with Crippen molar-refractivity contribution in [1.29, 1.82) is 0 Å². The van der Waals surface area contributed by atoms with Crippen LogP contribution in [0.15, 0.2) is 55.1 Å². The highest BCUT2D eigenvalue weighted by Gasteiger charge is 2.30. The Labute approximate surface area is 131 Å². The van der Waals surface area contributed by atoms with Crippen molar-refractivity contribution in [3.05, 3.63) is 60.7 Å². The van der Waals surface area contributed by atoms with Gasteiger partial charge >= 0.3 is 0 Å². The van der Waals surface area contributed by atoms with Gasteiger partial charge in [-0.15, -0.1) is 6.58 Å². The molecule has 0 unspecified atom stereocenters. The predicted octanol–water partition coefficient (Wildman–Crippen LogP) is 6.05. The number of aryl methyl sites for hydroxylation is 1. The van der Waals surface area contributed by atoms with Crippen LogP contribution in [0, 0.1) is 23.7 Å². The quantitative estimate of drug-likeness (QED) is 0.534. The first-order valence-electron chi connectivity index (χ1n) is 8.54. The summed E-state index contributed by atoms with van der Waals surface area (Å²) in [6.07, 6.45) is 13.4. The number of hydrogen-bond acceptors (Lipinski definition) is 0. The third-order valence-corrected chi connectivity index (χ3v) is 5.06. The van der Waals surface area contributed by atoms with Gasteiger partial charge in [-0.1, -0.05) is 62.4 Å². The van der Waals surface area contributed by atoms with E-state index in [0.29, 0.717) is 5.92 Å². The molecule has 114 valence electrons. The topological polar surface area (TPSA) is 0 Å². The maximum absolute atomic E-state index is 3.92. The second kappa shape index (κ2) is 8.22. The van der Waals surface area contributed by atoms with Crippen LogP contribution in [-0.4, -0.2) is 0 Å². The van der Waals surface area contributed by atoms with Crippen LogP contribution in [0.5, 0.6) is 0 Å². The molecule has 1 aliphatic carbocycles. The first-order chi connectivity index (χ1) is 10.2. The van der Waals surface area contributed by atoms with E-state index in [1.54, 1.807) is 0 Å². The summed E-state index contributed by atoms with van der Waals surface area (Å²) in [5, 5.41) is 0. The van der Waals surface area contributed by atoms with Crippen molar-refractivity contribution in [3.63, 3.8) is 0 Å². The van der Waals surface area contributed by atoms with Gasteiger partial charge in [0.25, 0.3) is 0 Å². The molecule has 21 heavy (non-hydrogen) atoms. The molecule has 0 aromatic heterocycles. The number of benzene rings is 1. The summed E-state index contributed by atoms with van der Waals surface area (Å²) < 4.78 is 0. The van der Waals surface area contributed by atoms with Crippen molar-refractivity contribution < 1.29 is 0 Å². The summed E-state index contributed by atoms with van der Waals surface area (Å²) in [5.74, 6) is 3.10. The van der Waals surface area contributed by atoms with Crippen molar-refractivity contribution in [2.45, 2.75) is 46.0 Å². The fourth-order valence-electron chi connectivity index (χ4n) is 3.62. The highest BCUT2D eigenvalue weighted by atomic mass is 14.3. The van der Waals surface area contributed by atoms with Crippen LogP contribution in [0.25, 0.3) is 0 Å². The third-order valence-electron chi connectivity index (χ3n) is 5.06. The average Bonchev–Trinajstić information content (AvgIpc) is 2.85. The van der Waals surface area contributed by atoms with Gasteiger partial charge in [-0.2, -0.15) is 0 Å². The highest BCUT2D eigenvalue weighted by Crippen LogP contribution is 2.40. The largest absolute Gasteiger partial charge is 0.103 e. The fraction of sp³-hybridized carbons (Fsp3) is 0.524. The number of allylic oxidation sites excluding steroid dienone is 3. The van der Waals surface area contributed by atoms with E-state index < -0.39 is 0 Å². The van der Waals surface area contributed by atoms with Crippen LogP contribution in [0.1, 0.15) is 45.1 Å². The Morgan fingerprint density at radius 1 is 1.24 bits per heavy atom. The van der Waals surface area contributed by atoms with Gasteiger partial charge in [0.2, 0.25) is 0 Å². The summed E-state index contributed by atoms with van der Waals surface area (Å²) in [7, 11) is 0. The second-order valence-electron chi connectivity index (χ2n) is 6.80. The van der Waals surface area contributed by atoms with Gasteiger partial charge in [-0.25, -0.2) is 0 Å². The monoisotopic (exact) mass is 282 g/mol. The summed E-state index contributed by atoms with van der Waals surface area (Å²) in [6, 6.07) is 10.8. The number of rotatable bonds is 7. The van der Waals surface area contributed by atoms with Gasteiger partial charge in [0, 0.05) is 0 Å². The fourth-order valence-corrected chi connectivity index (χ4v) is 3.62. The van der Waals surface area contributed by atoms with Crippen molar-refractivity contribution in [3.8, 4) is 0 Å². The first kappa shape index (κ1) is 16.1. The molecule has 1 aromatic rings. The van der Waals surface area contributed by atoms with E-state index in [-0.39, 0.29) is 0 Å². The molecule has 0 heteroatoms. The Kier molecular flexibility index (Phi) is 6.29. The van der Waals surface area contributed by atoms with Crippen LogP contribution in [0.4, 0.5) is 0 Å². The normalized spacial score (nSPS) is 27.0. The van der Waals surface area contributed by atoms with Crippen molar-refractivity contribution in [2.75, 3.05) is 0 Å². The molecule has 0 amide bonds. The van der Waals surface area contributed by atoms with Gasteiger partial charge in [-0.05, 0) is 61.3 Å². The molecule has 1 fully saturated rings. The molecule has 1 aromatic carbocycles. The summed E-state index contributed by atoms with van der Waals surface area (Å²) >= 11 is 0. The van der Waals surface area contributed by atoms with E-state index in [2.05, 4.69) is 69.0 Å². The minimum Gasteiger partial charge on any atom is -0.103 e. The molecule has 0 radical (unpaired) electrons. The summed E-state index contributed by atoms with van der Waals surface area (Å²) in [6.45, 7) is 8.68. The predicted molar refractivity (Wildman–Crippen MR) is 93.3 cm³/mol. The minimum atomic E-state index is 0.669. The van der Waals surface area contributed by atoms with E-state index in [4.69, 9.17) is 0 Å². The lowest BCUT2D eigenvalue weighted by Crippen LogP contribution is -2.10. The molecule has 0 heterocycles. The molecule has 0 N–H and O–H groups in total. The molecule has 0 spiro atoms. The summed E-state index contributed by atoms with van der Waals surface area (Å²) in [5.41, 5.74) is 1.46. The van der Waals surface area contributed by atoms with E-state index in [1.807, 2.05) is 0 Å². The van der Waals surface area contributed by atoms with Crippen molar-refractivity contribution in [1.82, 2.24) is 0 Å². The van der Waals surface area contributed by atoms with E-state index in [1.165, 1.54) is 37.7 Å². The van der Waals surface area contributed by atoms with Gasteiger partial charge in [-0.3, -0.25) is 0 Å². The Balaban J connectivity index is 1.83. The Hall–Kier alpha value is -1.30. The molecular formula is C21H30. The average molecular weight is 282 g/mol. The smallest absolute Gasteiger partial charge is 0.0176 e. The van der Waals surface area contributed by atoms with Crippen LogP contribution >= 0.6 is 0 Å².